The molecule has 0 aromatic heterocycles. The fraction of sp³-hybridized carbons (Fsp3) is 0.0943. The molecule has 0 aliphatic carbocycles. The molecule has 0 saturated carbocycles. The highest BCUT2D eigenvalue weighted by molar-refractivity contribution is 6.52. The summed E-state index contributed by atoms with van der Waals surface area (Å²) in [5.41, 5.74) is 15.6. The summed E-state index contributed by atoms with van der Waals surface area (Å²) in [6.45, 7) is 9.20. The summed E-state index contributed by atoms with van der Waals surface area (Å²) in [4.78, 5) is 0. The molecule has 0 atom stereocenters. The Bertz CT molecular complexity index is 2280. The predicted molar refractivity (Wildman–Crippen MR) is 253 cm³/mol. The molecule has 274 valence electrons. The molecule has 8 aromatic carbocycles. The Balaban J connectivity index is 1.32. The van der Waals surface area contributed by atoms with Crippen LogP contribution in [0.4, 0.5) is 0 Å². The van der Waals surface area contributed by atoms with Gasteiger partial charge in [0.2, 0.25) is 0 Å². The average molecular weight is 771 g/mol. The Morgan fingerprint density at radius 1 is 0.250 bits per heavy atom. The first-order valence-electron chi connectivity index (χ1n) is 20.3. The number of aryl methyl sites for hydroxylation is 1. The third-order valence-corrected chi connectivity index (χ3v) is 15.6. The van der Waals surface area contributed by atoms with Gasteiger partial charge in [0.05, 0.1) is 34.0 Å². The van der Waals surface area contributed by atoms with Crippen molar-refractivity contribution in [3.63, 3.8) is 0 Å². The summed E-state index contributed by atoms with van der Waals surface area (Å²) in [6.07, 6.45) is 0. The minimum Gasteiger partial charge on any atom is -0.0708 e. The van der Waals surface area contributed by atoms with Crippen molar-refractivity contribution in [3.05, 3.63) is 222 Å². The first-order chi connectivity index (χ1) is 27.5. The molecule has 0 heterocycles. The molecule has 8 rings (SSSR count). The average Bonchev–Trinajstić information content (AvgIpc) is 3.28. The highest BCUT2D eigenvalue weighted by Crippen LogP contribution is 2.47. The Kier molecular flexibility index (Phi) is 11.1. The maximum atomic E-state index is 2.37. The molecule has 0 aliphatic heterocycles. The van der Waals surface area contributed by atoms with Gasteiger partial charge in [-0.2, -0.15) is 0 Å². The number of hydrogen-bond acceptors (Lipinski definition) is 0. The zero-order valence-corrected chi connectivity index (χ0v) is 37.3. The van der Waals surface area contributed by atoms with Crippen LogP contribution in [0, 0.1) is 6.92 Å². The molecule has 0 bridgehead atoms. The fourth-order valence-electron chi connectivity index (χ4n) is 8.20. The second-order valence-electron chi connectivity index (χ2n) is 15.1. The molecule has 56 heavy (non-hydrogen) atoms. The van der Waals surface area contributed by atoms with E-state index in [2.05, 4.69) is 221 Å². The third-order valence-electron chi connectivity index (χ3n) is 11.7. The molecule has 0 nitrogen and oxygen atoms in total. The molecule has 8 aromatic rings. The van der Waals surface area contributed by atoms with Crippen LogP contribution in [0.2, 0.25) is 19.6 Å². The lowest BCUT2D eigenvalue weighted by Gasteiger charge is -2.37. The predicted octanol–water partition coefficient (Wildman–Crippen LogP) is 9.57. The zero-order chi connectivity index (χ0) is 38.5. The van der Waals surface area contributed by atoms with Crippen LogP contribution in [-0.4, -0.2) is 28.6 Å². The largest absolute Gasteiger partial charge is 0.0708 e. The summed E-state index contributed by atoms with van der Waals surface area (Å²) in [5, 5.41) is 4.49. The van der Waals surface area contributed by atoms with Crippen LogP contribution >= 0.6 is 0 Å². The Morgan fingerprint density at radius 2 is 0.429 bits per heavy atom. The normalized spacial score (nSPS) is 12.9. The van der Waals surface area contributed by atoms with E-state index >= 15 is 0 Å². The van der Waals surface area contributed by atoms with Crippen molar-refractivity contribution in [2.75, 3.05) is 0 Å². The van der Waals surface area contributed by atoms with Gasteiger partial charge < -0.3 is 0 Å². The van der Waals surface area contributed by atoms with E-state index in [1.54, 1.807) is 0 Å². The van der Waals surface area contributed by atoms with E-state index in [0.29, 0.717) is 0 Å². The van der Waals surface area contributed by atoms with Gasteiger partial charge >= 0.3 is 0 Å². The van der Waals surface area contributed by atoms with Gasteiger partial charge in [-0.15, -0.1) is 0 Å². The van der Waals surface area contributed by atoms with Crippen molar-refractivity contribution in [2.24, 2.45) is 0 Å². The lowest BCUT2D eigenvalue weighted by Crippen LogP contribution is -2.31. The maximum Gasteiger partial charge on any atom is 0.0701 e. The van der Waals surface area contributed by atoms with Crippen LogP contribution in [0.3, 0.4) is 0 Å². The number of benzene rings is 8. The molecule has 0 radical (unpaired) electrons. The van der Waals surface area contributed by atoms with Crippen molar-refractivity contribution in [1.82, 2.24) is 0 Å². The first-order valence-corrected chi connectivity index (χ1v) is 26.6. The lowest BCUT2D eigenvalue weighted by atomic mass is 9.64. The molecular weight excluding hydrogens is 721 g/mol. The van der Waals surface area contributed by atoms with Gasteiger partial charge in [-0.25, -0.2) is 0 Å². The van der Waals surface area contributed by atoms with Gasteiger partial charge in [-0.1, -0.05) is 235 Å². The van der Waals surface area contributed by atoms with Crippen molar-refractivity contribution < 1.29 is 0 Å². The molecule has 0 N–H and O–H groups in total. The minimum atomic E-state index is -0.575. The fourth-order valence-corrected chi connectivity index (χ4v) is 10.3. The molecule has 3 heteroatoms. The minimum absolute atomic E-state index is 0.185. The SMILES string of the molecule is C[SiH2]c1ccc(-c2ccc(C(c3ccc(-c4ccc(C)cc4)cc3)(c3ccc(-c4ccc([SiH2]C)cc4)cc3)c3ccc(-c4ccc([SiH2]C)cc4)cc3)cc2)cc1. The van der Waals surface area contributed by atoms with Crippen LogP contribution in [0.15, 0.2) is 194 Å². The van der Waals surface area contributed by atoms with E-state index in [-0.39, 0.29) is 28.6 Å². The molecule has 0 amide bonds. The smallest absolute Gasteiger partial charge is 0.0701 e. The molecule has 0 unspecified atom stereocenters. The quantitative estimate of drug-likeness (QED) is 0.0909. The summed E-state index contributed by atoms with van der Waals surface area (Å²) in [6, 6.07) is 74.0. The van der Waals surface area contributed by atoms with Gasteiger partial charge in [0.1, 0.15) is 0 Å². The van der Waals surface area contributed by atoms with Gasteiger partial charge in [-0.05, 0) is 73.7 Å². The second-order valence-corrected chi connectivity index (χ2v) is 19.6. The van der Waals surface area contributed by atoms with Crippen LogP contribution < -0.4 is 15.6 Å². The van der Waals surface area contributed by atoms with Gasteiger partial charge in [-0.3, -0.25) is 0 Å². The zero-order valence-electron chi connectivity index (χ0n) is 33.1. The molecule has 0 spiro atoms. The van der Waals surface area contributed by atoms with Crippen LogP contribution in [0.5, 0.6) is 0 Å². The summed E-state index contributed by atoms with van der Waals surface area (Å²) < 4.78 is 0. The standard InChI is InChI=1S/C53H50Si3/c1-37-5-7-38(8-6-37)39-9-23-46(24-10-39)53(47-25-11-40(12-26-47)43-17-31-50(54-2)32-18-43,48-27-13-41(14-28-48)44-19-33-51(55-3)34-20-44)49-29-15-42(16-30-49)45-21-35-52(56-4)36-22-45/h5-36H,54-56H2,1-4H3. The van der Waals surface area contributed by atoms with E-state index in [0.717, 1.165) is 0 Å². The van der Waals surface area contributed by atoms with Gasteiger partial charge in [0.25, 0.3) is 0 Å². The lowest BCUT2D eigenvalue weighted by molar-refractivity contribution is 0.745. The summed E-state index contributed by atoms with van der Waals surface area (Å²) >= 11 is 0. The number of rotatable bonds is 11. The second kappa shape index (κ2) is 16.6. The van der Waals surface area contributed by atoms with Crippen molar-refractivity contribution >= 4 is 44.1 Å². The molecule has 0 saturated heterocycles. The molecular formula is C53H50Si3. The van der Waals surface area contributed by atoms with E-state index in [9.17, 15) is 0 Å². The van der Waals surface area contributed by atoms with Gasteiger partial charge in [0, 0.05) is 0 Å². The van der Waals surface area contributed by atoms with Gasteiger partial charge in [0.15, 0.2) is 0 Å². The summed E-state index contributed by atoms with van der Waals surface area (Å²) in [7, 11) is -0.555. The van der Waals surface area contributed by atoms with E-state index in [4.69, 9.17) is 0 Å². The monoisotopic (exact) mass is 770 g/mol. The highest BCUT2D eigenvalue weighted by Gasteiger charge is 2.38. The first kappa shape index (κ1) is 37.3. The van der Waals surface area contributed by atoms with Crippen molar-refractivity contribution in [1.29, 1.82) is 0 Å². The Hall–Kier alpha value is -5.59. The highest BCUT2D eigenvalue weighted by atomic mass is 28.2. The molecule has 0 aliphatic rings. The van der Waals surface area contributed by atoms with E-state index in [1.807, 2.05) is 0 Å². The van der Waals surface area contributed by atoms with Crippen molar-refractivity contribution in [2.45, 2.75) is 32.0 Å². The third kappa shape index (κ3) is 7.51. The van der Waals surface area contributed by atoms with Crippen molar-refractivity contribution in [3.8, 4) is 44.5 Å². The Labute approximate surface area is 340 Å². The van der Waals surface area contributed by atoms with Crippen LogP contribution in [-0.2, 0) is 5.41 Å². The van der Waals surface area contributed by atoms with E-state index < -0.39 is 5.41 Å². The van der Waals surface area contributed by atoms with E-state index in [1.165, 1.54) is 87.9 Å². The maximum absolute atomic E-state index is 2.37. The Morgan fingerprint density at radius 3 is 0.625 bits per heavy atom. The van der Waals surface area contributed by atoms with Crippen LogP contribution in [0.25, 0.3) is 44.5 Å². The topological polar surface area (TPSA) is 0 Å². The summed E-state index contributed by atoms with van der Waals surface area (Å²) in [5.74, 6) is 0. The van der Waals surface area contributed by atoms with Crippen LogP contribution in [0.1, 0.15) is 27.8 Å². The molecule has 0 fully saturated rings. The number of hydrogen-bond donors (Lipinski definition) is 0.